The molecule has 1 aliphatic heterocycles. The highest BCUT2D eigenvalue weighted by Crippen LogP contribution is 2.38. The predicted octanol–water partition coefficient (Wildman–Crippen LogP) is 4.28. The number of hydrogen-bond donors (Lipinski definition) is 0. The fraction of sp³-hybridized carbons (Fsp3) is 0.286. The van der Waals surface area contributed by atoms with Crippen molar-refractivity contribution in [2.75, 3.05) is 27.4 Å². The molecule has 0 spiro atoms. The Bertz CT molecular complexity index is 877. The predicted molar refractivity (Wildman–Crippen MR) is 105 cm³/mol. The lowest BCUT2D eigenvalue weighted by Crippen LogP contribution is -2.02. The molecular weight excluding hydrogens is 384 g/mol. The third-order valence-electron chi connectivity index (χ3n) is 4.06. The summed E-state index contributed by atoms with van der Waals surface area (Å²) in [6.07, 6.45) is 3.79. The number of ether oxygens (including phenoxy) is 5. The van der Waals surface area contributed by atoms with Crippen LogP contribution in [0.15, 0.2) is 36.4 Å². The summed E-state index contributed by atoms with van der Waals surface area (Å²) >= 11 is 6.25. The van der Waals surface area contributed by atoms with E-state index in [9.17, 15) is 4.79 Å². The van der Waals surface area contributed by atoms with Crippen molar-refractivity contribution in [1.29, 1.82) is 0 Å². The molecule has 148 valence electrons. The first-order chi connectivity index (χ1) is 13.6. The number of esters is 1. The summed E-state index contributed by atoms with van der Waals surface area (Å²) in [6, 6.07) is 8.84. The molecule has 0 aromatic heterocycles. The Labute approximate surface area is 168 Å². The standard InChI is InChI=1S/C21H21ClO6/c1-24-17-6-4-14(11-18(17)25-2)5-7-20(23)28-13-15-10-16(22)21-19(12-15)26-8-3-9-27-21/h4-7,10-12H,3,8-9,13H2,1-2H3/b7-5+. The second-order valence-corrected chi connectivity index (χ2v) is 6.42. The van der Waals surface area contributed by atoms with E-state index in [0.29, 0.717) is 41.2 Å². The minimum absolute atomic E-state index is 0.0749. The van der Waals surface area contributed by atoms with Crippen LogP contribution in [0.2, 0.25) is 5.02 Å². The van der Waals surface area contributed by atoms with Gasteiger partial charge in [-0.05, 0) is 41.5 Å². The molecule has 7 heteroatoms. The van der Waals surface area contributed by atoms with E-state index < -0.39 is 5.97 Å². The quantitative estimate of drug-likeness (QED) is 0.529. The monoisotopic (exact) mass is 404 g/mol. The Kier molecular flexibility index (Phi) is 6.66. The van der Waals surface area contributed by atoms with Crippen molar-refractivity contribution in [2.24, 2.45) is 0 Å². The number of carbonyl (C=O) groups is 1. The Morgan fingerprint density at radius 1 is 1.11 bits per heavy atom. The van der Waals surface area contributed by atoms with Crippen molar-refractivity contribution >= 4 is 23.6 Å². The lowest BCUT2D eigenvalue weighted by atomic mass is 10.2. The summed E-state index contributed by atoms with van der Waals surface area (Å²) in [7, 11) is 3.12. The molecule has 0 amide bonds. The van der Waals surface area contributed by atoms with E-state index in [1.807, 2.05) is 6.07 Å². The first-order valence-electron chi connectivity index (χ1n) is 8.75. The number of hydrogen-bond acceptors (Lipinski definition) is 6. The fourth-order valence-corrected chi connectivity index (χ4v) is 2.98. The summed E-state index contributed by atoms with van der Waals surface area (Å²) in [5, 5.41) is 0.436. The van der Waals surface area contributed by atoms with Crippen molar-refractivity contribution in [1.82, 2.24) is 0 Å². The van der Waals surface area contributed by atoms with E-state index in [1.54, 1.807) is 44.6 Å². The number of halogens is 1. The molecule has 1 heterocycles. The van der Waals surface area contributed by atoms with Gasteiger partial charge in [0.1, 0.15) is 6.61 Å². The SMILES string of the molecule is COc1ccc(/C=C/C(=O)OCc2cc(Cl)c3c(c2)OCCCO3)cc1OC. The summed E-state index contributed by atoms with van der Waals surface area (Å²) in [5.74, 6) is 1.82. The van der Waals surface area contributed by atoms with Crippen molar-refractivity contribution < 1.29 is 28.5 Å². The second kappa shape index (κ2) is 9.37. The average Bonchev–Trinajstić information content (AvgIpc) is 2.96. The van der Waals surface area contributed by atoms with Crippen LogP contribution < -0.4 is 18.9 Å². The van der Waals surface area contributed by atoms with Crippen molar-refractivity contribution in [2.45, 2.75) is 13.0 Å². The smallest absolute Gasteiger partial charge is 0.331 e. The summed E-state index contributed by atoms with van der Waals surface area (Å²) in [6.45, 7) is 1.19. The Balaban J connectivity index is 1.62. The van der Waals surface area contributed by atoms with E-state index in [0.717, 1.165) is 17.5 Å². The third-order valence-corrected chi connectivity index (χ3v) is 4.34. The highest BCUT2D eigenvalue weighted by Gasteiger charge is 2.16. The zero-order valence-electron chi connectivity index (χ0n) is 15.7. The van der Waals surface area contributed by atoms with Crippen LogP contribution in [0.4, 0.5) is 0 Å². The molecule has 0 atom stereocenters. The zero-order valence-corrected chi connectivity index (χ0v) is 16.5. The molecule has 0 fully saturated rings. The van der Waals surface area contributed by atoms with Gasteiger partial charge in [0.15, 0.2) is 23.0 Å². The molecule has 0 N–H and O–H groups in total. The molecule has 28 heavy (non-hydrogen) atoms. The number of fused-ring (bicyclic) bond motifs is 1. The lowest BCUT2D eigenvalue weighted by molar-refractivity contribution is -0.138. The molecule has 2 aromatic carbocycles. The van der Waals surface area contributed by atoms with Crippen molar-refractivity contribution in [3.63, 3.8) is 0 Å². The van der Waals surface area contributed by atoms with Gasteiger partial charge < -0.3 is 23.7 Å². The summed E-state index contributed by atoms with van der Waals surface area (Å²) < 4.78 is 27.0. The van der Waals surface area contributed by atoms with Gasteiger partial charge in [0.25, 0.3) is 0 Å². The van der Waals surface area contributed by atoms with Gasteiger partial charge in [-0.1, -0.05) is 17.7 Å². The van der Waals surface area contributed by atoms with Crippen LogP contribution in [-0.2, 0) is 16.1 Å². The maximum Gasteiger partial charge on any atom is 0.331 e. The summed E-state index contributed by atoms with van der Waals surface area (Å²) in [5.41, 5.74) is 1.51. The zero-order chi connectivity index (χ0) is 19.9. The lowest BCUT2D eigenvalue weighted by Gasteiger charge is -2.11. The maximum atomic E-state index is 12.0. The van der Waals surface area contributed by atoms with Crippen LogP contribution in [-0.4, -0.2) is 33.4 Å². The van der Waals surface area contributed by atoms with Crippen LogP contribution in [0.5, 0.6) is 23.0 Å². The number of rotatable bonds is 6. The molecule has 0 saturated carbocycles. The van der Waals surface area contributed by atoms with Gasteiger partial charge >= 0.3 is 5.97 Å². The highest BCUT2D eigenvalue weighted by molar-refractivity contribution is 6.32. The third kappa shape index (κ3) is 4.89. The Morgan fingerprint density at radius 2 is 1.89 bits per heavy atom. The second-order valence-electron chi connectivity index (χ2n) is 6.01. The number of methoxy groups -OCH3 is 2. The van der Waals surface area contributed by atoms with Gasteiger partial charge in [-0.2, -0.15) is 0 Å². The van der Waals surface area contributed by atoms with E-state index >= 15 is 0 Å². The van der Waals surface area contributed by atoms with E-state index in [2.05, 4.69) is 0 Å². The van der Waals surface area contributed by atoms with E-state index in [4.69, 9.17) is 35.3 Å². The van der Waals surface area contributed by atoms with Gasteiger partial charge in [-0.15, -0.1) is 0 Å². The first-order valence-corrected chi connectivity index (χ1v) is 9.13. The van der Waals surface area contributed by atoms with Gasteiger partial charge in [-0.3, -0.25) is 0 Å². The van der Waals surface area contributed by atoms with Crippen molar-refractivity contribution in [3.05, 3.63) is 52.6 Å². The van der Waals surface area contributed by atoms with Crippen LogP contribution in [0, 0.1) is 0 Å². The Hall–Kier alpha value is -2.86. The molecule has 3 rings (SSSR count). The molecule has 6 nitrogen and oxygen atoms in total. The van der Waals surface area contributed by atoms with E-state index in [-0.39, 0.29) is 6.61 Å². The molecule has 0 bridgehead atoms. The van der Waals surface area contributed by atoms with Gasteiger partial charge in [0, 0.05) is 12.5 Å². The largest absolute Gasteiger partial charge is 0.493 e. The molecule has 0 unspecified atom stereocenters. The van der Waals surface area contributed by atoms with Crippen LogP contribution in [0.1, 0.15) is 17.5 Å². The maximum absolute atomic E-state index is 12.0. The summed E-state index contributed by atoms with van der Waals surface area (Å²) in [4.78, 5) is 12.0. The average molecular weight is 405 g/mol. The fourth-order valence-electron chi connectivity index (χ4n) is 2.69. The molecule has 0 saturated heterocycles. The normalized spacial score (nSPS) is 13.1. The number of carbonyl (C=O) groups excluding carboxylic acids is 1. The highest BCUT2D eigenvalue weighted by atomic mass is 35.5. The van der Waals surface area contributed by atoms with Crippen molar-refractivity contribution in [3.8, 4) is 23.0 Å². The van der Waals surface area contributed by atoms with Gasteiger partial charge in [-0.25, -0.2) is 4.79 Å². The van der Waals surface area contributed by atoms with Crippen LogP contribution in [0.3, 0.4) is 0 Å². The number of benzene rings is 2. The minimum Gasteiger partial charge on any atom is -0.493 e. The molecular formula is C21H21ClO6. The Morgan fingerprint density at radius 3 is 2.68 bits per heavy atom. The molecule has 2 aromatic rings. The molecule has 1 aliphatic rings. The van der Waals surface area contributed by atoms with Crippen LogP contribution in [0.25, 0.3) is 6.08 Å². The van der Waals surface area contributed by atoms with Gasteiger partial charge in [0.2, 0.25) is 0 Å². The first kappa shape index (κ1) is 19.9. The van der Waals surface area contributed by atoms with Gasteiger partial charge in [0.05, 0.1) is 32.5 Å². The topological polar surface area (TPSA) is 63.2 Å². The molecule has 0 aliphatic carbocycles. The van der Waals surface area contributed by atoms with E-state index in [1.165, 1.54) is 6.08 Å². The minimum atomic E-state index is -0.474. The molecule has 0 radical (unpaired) electrons. The van der Waals surface area contributed by atoms with Crippen LogP contribution >= 0.6 is 11.6 Å².